The third-order valence-corrected chi connectivity index (χ3v) is 5.20. The fraction of sp³-hybridized carbons (Fsp3) is 1.00. The Bertz CT molecular complexity index is 197. The molecular formula is C11H20O. The molecule has 0 aromatic heterocycles. The maximum absolute atomic E-state index is 9.29. The lowest BCUT2D eigenvalue weighted by atomic mass is 9.67. The van der Waals surface area contributed by atoms with Crippen LogP contribution in [0.15, 0.2) is 0 Å². The second-order valence-corrected chi connectivity index (χ2v) is 5.49. The Kier molecular flexibility index (Phi) is 1.61. The molecule has 0 radical (unpaired) electrons. The lowest BCUT2D eigenvalue weighted by molar-refractivity contribution is 0.0625. The fourth-order valence-corrected chi connectivity index (χ4v) is 3.65. The van der Waals surface area contributed by atoms with Gasteiger partial charge in [-0.05, 0) is 41.9 Å². The average Bonchev–Trinajstić information content (AvgIpc) is 2.34. The first kappa shape index (κ1) is 8.55. The van der Waals surface area contributed by atoms with Crippen molar-refractivity contribution >= 4 is 0 Å². The molecule has 2 rings (SSSR count). The van der Waals surface area contributed by atoms with E-state index in [0.717, 1.165) is 5.92 Å². The van der Waals surface area contributed by atoms with Gasteiger partial charge in [-0.15, -0.1) is 0 Å². The Balaban J connectivity index is 2.33. The van der Waals surface area contributed by atoms with Crippen molar-refractivity contribution < 1.29 is 5.11 Å². The van der Waals surface area contributed by atoms with Crippen molar-refractivity contribution in [2.75, 3.05) is 6.61 Å². The highest BCUT2D eigenvalue weighted by atomic mass is 16.3. The summed E-state index contributed by atoms with van der Waals surface area (Å²) in [7, 11) is 0. The molecule has 0 heterocycles. The molecule has 0 aromatic rings. The van der Waals surface area contributed by atoms with Crippen LogP contribution in [-0.2, 0) is 0 Å². The summed E-state index contributed by atoms with van der Waals surface area (Å²) in [6.07, 6.45) is 3.98. The van der Waals surface area contributed by atoms with Crippen molar-refractivity contribution in [3.63, 3.8) is 0 Å². The van der Waals surface area contributed by atoms with Gasteiger partial charge in [0, 0.05) is 6.61 Å². The first-order valence-corrected chi connectivity index (χ1v) is 5.13. The van der Waals surface area contributed by atoms with E-state index in [4.69, 9.17) is 0 Å². The van der Waals surface area contributed by atoms with Crippen LogP contribution in [0.1, 0.15) is 40.0 Å². The predicted molar refractivity (Wildman–Crippen MR) is 49.8 cm³/mol. The topological polar surface area (TPSA) is 20.2 Å². The van der Waals surface area contributed by atoms with Gasteiger partial charge in [0.2, 0.25) is 0 Å². The first-order valence-electron chi connectivity index (χ1n) is 5.13. The zero-order valence-corrected chi connectivity index (χ0v) is 8.43. The van der Waals surface area contributed by atoms with Gasteiger partial charge >= 0.3 is 0 Å². The quantitative estimate of drug-likeness (QED) is 0.637. The summed E-state index contributed by atoms with van der Waals surface area (Å²) in [5, 5.41) is 9.29. The highest BCUT2D eigenvalue weighted by Crippen LogP contribution is 2.67. The molecule has 1 N–H and O–H groups in total. The monoisotopic (exact) mass is 168 g/mol. The fourth-order valence-electron chi connectivity index (χ4n) is 3.65. The van der Waals surface area contributed by atoms with E-state index in [0.29, 0.717) is 23.4 Å². The molecule has 0 aliphatic heterocycles. The van der Waals surface area contributed by atoms with Gasteiger partial charge in [-0.3, -0.25) is 0 Å². The predicted octanol–water partition coefficient (Wildman–Crippen LogP) is 2.44. The Morgan fingerprint density at radius 3 is 2.25 bits per heavy atom. The van der Waals surface area contributed by atoms with Crippen LogP contribution in [0.4, 0.5) is 0 Å². The zero-order chi connectivity index (χ0) is 8.98. The highest BCUT2D eigenvalue weighted by molar-refractivity contribution is 5.09. The summed E-state index contributed by atoms with van der Waals surface area (Å²) < 4.78 is 0. The van der Waals surface area contributed by atoms with E-state index >= 15 is 0 Å². The molecule has 70 valence electrons. The molecule has 1 heteroatoms. The standard InChI is InChI=1S/C11H20O/c1-10(2)8-4-5-11(10,3)9(6-8)7-12/h8-9,12H,4-7H2,1-3H3/t8-,9+,11-/m1/s1. The number of aliphatic hydroxyl groups excluding tert-OH is 1. The summed E-state index contributed by atoms with van der Waals surface area (Å²) in [5.41, 5.74) is 0.896. The van der Waals surface area contributed by atoms with Gasteiger partial charge in [-0.2, -0.15) is 0 Å². The smallest absolute Gasteiger partial charge is 0.0464 e. The summed E-state index contributed by atoms with van der Waals surface area (Å²) in [6.45, 7) is 7.55. The van der Waals surface area contributed by atoms with Crippen molar-refractivity contribution in [1.29, 1.82) is 0 Å². The number of hydrogen-bond acceptors (Lipinski definition) is 1. The molecule has 0 aromatic carbocycles. The van der Waals surface area contributed by atoms with E-state index in [1.165, 1.54) is 19.3 Å². The molecule has 0 saturated heterocycles. The molecule has 0 unspecified atom stereocenters. The van der Waals surface area contributed by atoms with E-state index in [2.05, 4.69) is 20.8 Å². The van der Waals surface area contributed by atoms with Gasteiger partial charge in [-0.25, -0.2) is 0 Å². The van der Waals surface area contributed by atoms with Crippen molar-refractivity contribution in [3.8, 4) is 0 Å². The van der Waals surface area contributed by atoms with Crippen molar-refractivity contribution in [2.24, 2.45) is 22.7 Å². The van der Waals surface area contributed by atoms with Crippen molar-refractivity contribution in [1.82, 2.24) is 0 Å². The number of hydrogen-bond donors (Lipinski definition) is 1. The molecule has 3 atom stereocenters. The maximum atomic E-state index is 9.29. The van der Waals surface area contributed by atoms with Gasteiger partial charge < -0.3 is 5.11 Å². The number of rotatable bonds is 1. The van der Waals surface area contributed by atoms with Crippen LogP contribution in [0.25, 0.3) is 0 Å². The summed E-state index contributed by atoms with van der Waals surface area (Å²) >= 11 is 0. The maximum Gasteiger partial charge on any atom is 0.0464 e. The van der Waals surface area contributed by atoms with E-state index in [1.807, 2.05) is 0 Å². The molecule has 0 spiro atoms. The largest absolute Gasteiger partial charge is 0.396 e. The van der Waals surface area contributed by atoms with Crippen LogP contribution >= 0.6 is 0 Å². The van der Waals surface area contributed by atoms with Gasteiger partial charge in [0.15, 0.2) is 0 Å². The second kappa shape index (κ2) is 2.25. The zero-order valence-electron chi connectivity index (χ0n) is 8.43. The minimum atomic E-state index is 0.399. The second-order valence-electron chi connectivity index (χ2n) is 5.49. The molecule has 2 fully saturated rings. The molecule has 2 aliphatic carbocycles. The molecular weight excluding hydrogens is 148 g/mol. The summed E-state index contributed by atoms with van der Waals surface area (Å²) in [4.78, 5) is 0. The molecule has 2 saturated carbocycles. The average molecular weight is 168 g/mol. The van der Waals surface area contributed by atoms with Gasteiger partial charge in [0.05, 0.1) is 0 Å². The van der Waals surface area contributed by atoms with Crippen LogP contribution in [0.5, 0.6) is 0 Å². The molecule has 0 amide bonds. The minimum Gasteiger partial charge on any atom is -0.396 e. The van der Waals surface area contributed by atoms with E-state index in [9.17, 15) is 5.11 Å². The van der Waals surface area contributed by atoms with E-state index in [1.54, 1.807) is 0 Å². The Hall–Kier alpha value is -0.0400. The highest BCUT2D eigenvalue weighted by Gasteiger charge is 2.60. The van der Waals surface area contributed by atoms with Crippen LogP contribution in [0, 0.1) is 22.7 Å². The SMILES string of the molecule is CC1(C)[C@@H]2CC[C@]1(C)[C@H](CO)C2. The molecule has 2 aliphatic rings. The van der Waals surface area contributed by atoms with Gasteiger partial charge in [-0.1, -0.05) is 20.8 Å². The third-order valence-electron chi connectivity index (χ3n) is 5.20. The van der Waals surface area contributed by atoms with Crippen LogP contribution in [0.2, 0.25) is 0 Å². The third kappa shape index (κ3) is 0.736. The molecule has 1 nitrogen and oxygen atoms in total. The lowest BCUT2D eigenvalue weighted by Gasteiger charge is -2.38. The number of fused-ring (bicyclic) bond motifs is 2. The van der Waals surface area contributed by atoms with Crippen LogP contribution in [-0.4, -0.2) is 11.7 Å². The first-order chi connectivity index (χ1) is 5.52. The van der Waals surface area contributed by atoms with Crippen LogP contribution in [0.3, 0.4) is 0 Å². The van der Waals surface area contributed by atoms with Crippen molar-refractivity contribution in [3.05, 3.63) is 0 Å². The van der Waals surface area contributed by atoms with Gasteiger partial charge in [0.1, 0.15) is 0 Å². The van der Waals surface area contributed by atoms with Crippen LogP contribution < -0.4 is 0 Å². The minimum absolute atomic E-state index is 0.399. The summed E-state index contributed by atoms with van der Waals surface area (Å²) in [5.74, 6) is 1.45. The Morgan fingerprint density at radius 1 is 1.33 bits per heavy atom. The van der Waals surface area contributed by atoms with Gasteiger partial charge in [0.25, 0.3) is 0 Å². The Labute approximate surface area is 75.2 Å². The van der Waals surface area contributed by atoms with E-state index in [-0.39, 0.29) is 0 Å². The summed E-state index contributed by atoms with van der Waals surface area (Å²) in [6, 6.07) is 0. The normalized spacial score (nSPS) is 50.0. The lowest BCUT2D eigenvalue weighted by Crippen LogP contribution is -2.33. The van der Waals surface area contributed by atoms with Crippen molar-refractivity contribution in [2.45, 2.75) is 40.0 Å². The van der Waals surface area contributed by atoms with E-state index < -0.39 is 0 Å². The Morgan fingerprint density at radius 2 is 2.00 bits per heavy atom. The number of aliphatic hydroxyl groups is 1. The molecule has 2 bridgehead atoms. The molecule has 12 heavy (non-hydrogen) atoms.